The number of carbonyl (C=O) groups excluding carboxylic acids is 2. The zero-order valence-corrected chi connectivity index (χ0v) is 25.3. The predicted octanol–water partition coefficient (Wildman–Crippen LogP) is 8.06. The molecule has 0 unspecified atom stereocenters. The number of hydrazine groups is 2. The highest BCUT2D eigenvalue weighted by atomic mass is 35.5. The largest absolute Gasteiger partial charge is 0.443 e. The van der Waals surface area contributed by atoms with E-state index in [9.17, 15) is 9.59 Å². The lowest BCUT2D eigenvalue weighted by Gasteiger charge is -2.28. The van der Waals surface area contributed by atoms with Gasteiger partial charge in [-0.25, -0.2) is 25.4 Å². The summed E-state index contributed by atoms with van der Waals surface area (Å²) in [6.45, 7) is 11.5. The average Bonchev–Trinajstić information content (AvgIpc) is 2.85. The summed E-state index contributed by atoms with van der Waals surface area (Å²) >= 11 is 12.2. The number of anilines is 1. The number of halogens is 2. The highest BCUT2D eigenvalue weighted by Crippen LogP contribution is 2.27. The molecule has 0 spiro atoms. The van der Waals surface area contributed by atoms with E-state index < -0.39 is 23.4 Å². The molecule has 10 heteroatoms. The minimum absolute atomic E-state index is 0.318. The number of nitrogens with zero attached hydrogens (tertiary/aromatic N) is 2. The first-order valence-electron chi connectivity index (χ1n) is 12.7. The molecule has 0 aliphatic heterocycles. The van der Waals surface area contributed by atoms with Crippen LogP contribution in [0.1, 0.15) is 52.7 Å². The fraction of sp³-hybridized carbons (Fsp3) is 0.333. The molecule has 0 aliphatic carbocycles. The van der Waals surface area contributed by atoms with E-state index in [0.29, 0.717) is 28.8 Å². The van der Waals surface area contributed by atoms with Crippen LogP contribution in [0, 0.1) is 0 Å². The molecule has 0 heterocycles. The molecule has 0 aromatic heterocycles. The molecule has 2 amide bonds. The summed E-state index contributed by atoms with van der Waals surface area (Å²) in [7, 11) is 0. The van der Waals surface area contributed by atoms with Gasteiger partial charge >= 0.3 is 12.2 Å². The Balaban J connectivity index is 0.000000305. The monoisotopic (exact) mass is 588 g/mol. The first kappa shape index (κ1) is 32.8. The van der Waals surface area contributed by atoms with E-state index in [1.54, 1.807) is 39.0 Å². The van der Waals surface area contributed by atoms with Gasteiger partial charge in [0.15, 0.2) is 0 Å². The Morgan fingerprint density at radius 3 is 1.73 bits per heavy atom. The maximum atomic E-state index is 12.5. The molecular weight excluding hydrogens is 551 g/mol. The van der Waals surface area contributed by atoms with Crippen molar-refractivity contribution in [3.63, 3.8) is 0 Å². The minimum Gasteiger partial charge on any atom is -0.443 e. The van der Waals surface area contributed by atoms with Gasteiger partial charge in [-0.3, -0.25) is 5.43 Å². The number of hydrogen-bond acceptors (Lipinski definition) is 6. The molecule has 8 nitrogen and oxygen atoms in total. The van der Waals surface area contributed by atoms with Crippen molar-refractivity contribution in [1.82, 2.24) is 10.0 Å². The van der Waals surface area contributed by atoms with Gasteiger partial charge in [0.05, 0.1) is 23.8 Å². The molecule has 0 bridgehead atoms. The predicted molar refractivity (Wildman–Crippen MR) is 161 cm³/mol. The smallest absolute Gasteiger partial charge is 0.429 e. The van der Waals surface area contributed by atoms with Crippen LogP contribution in [0.25, 0.3) is 0 Å². The number of ether oxygens (including phenoxy) is 2. The fourth-order valence-corrected chi connectivity index (χ4v) is 3.46. The summed E-state index contributed by atoms with van der Waals surface area (Å²) in [5, 5.41) is 3.42. The molecule has 3 aromatic carbocycles. The normalized spacial score (nSPS) is 11.0. The third-order valence-corrected chi connectivity index (χ3v) is 5.37. The van der Waals surface area contributed by atoms with Crippen LogP contribution in [-0.4, -0.2) is 33.4 Å². The molecule has 3 rings (SSSR count). The summed E-state index contributed by atoms with van der Waals surface area (Å²) in [6, 6.07) is 24.1. The summed E-state index contributed by atoms with van der Waals surface area (Å²) in [4.78, 5) is 24.1. The van der Waals surface area contributed by atoms with E-state index in [1.807, 2.05) is 81.4 Å². The molecule has 216 valence electrons. The van der Waals surface area contributed by atoms with Crippen molar-refractivity contribution in [3.8, 4) is 0 Å². The Morgan fingerprint density at radius 2 is 1.23 bits per heavy atom. The number of hydrogen-bond donors (Lipinski definition) is 2. The van der Waals surface area contributed by atoms with Crippen molar-refractivity contribution in [2.45, 2.75) is 65.8 Å². The van der Waals surface area contributed by atoms with Crippen molar-refractivity contribution in [1.29, 1.82) is 0 Å². The van der Waals surface area contributed by atoms with Crippen molar-refractivity contribution in [3.05, 3.63) is 100 Å². The summed E-state index contributed by atoms with van der Waals surface area (Å²) < 4.78 is 10.6. The minimum atomic E-state index is -0.605. The third-order valence-electron chi connectivity index (χ3n) is 4.80. The average molecular weight is 590 g/mol. The summed E-state index contributed by atoms with van der Waals surface area (Å²) in [5.41, 5.74) is 4.33. The Hall–Kier alpha value is -3.46. The molecule has 0 aliphatic rings. The first-order valence-corrected chi connectivity index (χ1v) is 13.4. The van der Waals surface area contributed by atoms with Gasteiger partial charge in [-0.1, -0.05) is 83.9 Å². The van der Waals surface area contributed by atoms with Gasteiger partial charge in [0.2, 0.25) is 0 Å². The van der Waals surface area contributed by atoms with Crippen molar-refractivity contribution in [2.75, 3.05) is 5.43 Å². The van der Waals surface area contributed by atoms with Crippen LogP contribution in [0.4, 0.5) is 15.3 Å². The van der Waals surface area contributed by atoms with Crippen LogP contribution in [0.5, 0.6) is 0 Å². The number of nitrogens with one attached hydrogen (secondary N) is 1. The number of rotatable bonds is 6. The molecule has 40 heavy (non-hydrogen) atoms. The van der Waals surface area contributed by atoms with Crippen molar-refractivity contribution in [2.24, 2.45) is 5.84 Å². The zero-order valence-electron chi connectivity index (χ0n) is 23.8. The van der Waals surface area contributed by atoms with Gasteiger partial charge in [0.25, 0.3) is 0 Å². The lowest BCUT2D eigenvalue weighted by molar-refractivity contribution is 0.0229. The molecule has 0 saturated carbocycles. The Labute approximate surface area is 246 Å². The van der Waals surface area contributed by atoms with Crippen LogP contribution < -0.4 is 11.3 Å². The van der Waals surface area contributed by atoms with Gasteiger partial charge in [0, 0.05) is 5.02 Å². The van der Waals surface area contributed by atoms with Crippen LogP contribution >= 0.6 is 23.2 Å². The quantitative estimate of drug-likeness (QED) is 0.172. The standard InChI is InChI=1S/C18H20Cl2N2O2.C12H18N2O2/c1-18(2,3)24-17(23)22(12-13-7-5-4-6-8-13)21-16-11-14(19)9-10-15(16)20;1-12(2,3)16-11(15)14(13)9-10-7-5-4-6-8-10/h4-11,21H,12H2,1-3H3;4-8H,9,13H2,1-3H3. The number of amides is 2. The topological polar surface area (TPSA) is 97.1 Å². The van der Waals surface area contributed by atoms with Crippen molar-refractivity contribution < 1.29 is 19.1 Å². The maximum absolute atomic E-state index is 12.5. The summed E-state index contributed by atoms with van der Waals surface area (Å²) in [5.74, 6) is 5.62. The van der Waals surface area contributed by atoms with Gasteiger partial charge in [-0.05, 0) is 70.9 Å². The fourth-order valence-electron chi connectivity index (χ4n) is 3.13. The Bertz CT molecular complexity index is 1230. The van der Waals surface area contributed by atoms with Crippen LogP contribution in [0.3, 0.4) is 0 Å². The summed E-state index contributed by atoms with van der Waals surface area (Å²) in [6.07, 6.45) is -1.02. The van der Waals surface area contributed by atoms with Crippen LogP contribution in [0.15, 0.2) is 78.9 Å². The second-order valence-electron chi connectivity index (χ2n) is 10.9. The van der Waals surface area contributed by atoms with Gasteiger partial charge in [-0.2, -0.15) is 0 Å². The van der Waals surface area contributed by atoms with Gasteiger partial charge in [0.1, 0.15) is 11.2 Å². The molecule has 3 N–H and O–H groups in total. The van der Waals surface area contributed by atoms with E-state index in [4.69, 9.17) is 38.5 Å². The molecule has 0 radical (unpaired) electrons. The van der Waals surface area contributed by atoms with E-state index in [0.717, 1.165) is 16.1 Å². The van der Waals surface area contributed by atoms with E-state index >= 15 is 0 Å². The Kier molecular flexibility index (Phi) is 12.1. The molecule has 0 saturated heterocycles. The second kappa shape index (κ2) is 14.8. The maximum Gasteiger partial charge on any atom is 0.429 e. The highest BCUT2D eigenvalue weighted by Gasteiger charge is 2.23. The number of nitrogens with two attached hydrogens (primary N) is 1. The number of carbonyl (C=O) groups is 2. The lowest BCUT2D eigenvalue weighted by Crippen LogP contribution is -2.40. The van der Waals surface area contributed by atoms with Crippen LogP contribution in [0.2, 0.25) is 10.0 Å². The van der Waals surface area contributed by atoms with Crippen LogP contribution in [-0.2, 0) is 22.6 Å². The lowest BCUT2D eigenvalue weighted by atomic mass is 10.2. The second-order valence-corrected chi connectivity index (χ2v) is 11.7. The first-order chi connectivity index (χ1) is 18.6. The molecule has 0 fully saturated rings. The highest BCUT2D eigenvalue weighted by molar-refractivity contribution is 6.35. The van der Waals surface area contributed by atoms with E-state index in [1.165, 1.54) is 5.01 Å². The molecule has 0 atom stereocenters. The van der Waals surface area contributed by atoms with E-state index in [2.05, 4.69) is 5.43 Å². The van der Waals surface area contributed by atoms with Crippen molar-refractivity contribution >= 4 is 41.1 Å². The Morgan fingerprint density at radius 1 is 0.750 bits per heavy atom. The number of benzene rings is 3. The van der Waals surface area contributed by atoms with Gasteiger partial charge in [-0.15, -0.1) is 0 Å². The van der Waals surface area contributed by atoms with E-state index in [-0.39, 0.29) is 0 Å². The zero-order chi connectivity index (χ0) is 29.9. The van der Waals surface area contributed by atoms with Gasteiger partial charge < -0.3 is 9.47 Å². The SMILES string of the molecule is CC(C)(C)OC(=O)N(Cc1ccccc1)Nc1cc(Cl)ccc1Cl.CC(C)(C)OC(=O)N(N)Cc1ccccc1. The third kappa shape index (κ3) is 12.6. The molecular formula is C30H38Cl2N4O4. The molecule has 3 aromatic rings.